The number of thiophene rings is 1. The Labute approximate surface area is 119 Å². The smallest absolute Gasteiger partial charge is 0.227 e. The summed E-state index contributed by atoms with van der Waals surface area (Å²) in [5.41, 5.74) is 1.04. The van der Waals surface area contributed by atoms with Gasteiger partial charge in [-0.05, 0) is 39.9 Å². The van der Waals surface area contributed by atoms with Gasteiger partial charge < -0.3 is 5.32 Å². The van der Waals surface area contributed by atoms with E-state index in [1.54, 1.807) is 11.3 Å². The highest BCUT2D eigenvalue weighted by Gasteiger charge is 2.14. The monoisotopic (exact) mass is 323 g/mol. The number of benzene rings is 1. The summed E-state index contributed by atoms with van der Waals surface area (Å²) in [6.45, 7) is 2.50. The first-order chi connectivity index (χ1) is 8.68. The fourth-order valence-corrected chi connectivity index (χ4v) is 3.10. The Hall–Kier alpha value is -1.13. The molecule has 1 heterocycles. The van der Waals surface area contributed by atoms with E-state index in [0.717, 1.165) is 14.9 Å². The molecule has 1 unspecified atom stereocenters. The van der Waals surface area contributed by atoms with Gasteiger partial charge in [0, 0.05) is 9.35 Å². The third-order valence-corrected chi connectivity index (χ3v) is 4.73. The SMILES string of the molecule is CC(C(=O)NCc1sccc1Br)c1ccccc1. The van der Waals surface area contributed by atoms with Gasteiger partial charge in [0.25, 0.3) is 0 Å². The summed E-state index contributed by atoms with van der Waals surface area (Å²) in [5.74, 6) is -0.0635. The molecular weight excluding hydrogens is 310 g/mol. The second-order valence-electron chi connectivity index (χ2n) is 4.04. The van der Waals surface area contributed by atoms with Gasteiger partial charge in [0.2, 0.25) is 5.91 Å². The van der Waals surface area contributed by atoms with Crippen LogP contribution in [0.4, 0.5) is 0 Å². The lowest BCUT2D eigenvalue weighted by Gasteiger charge is -2.12. The van der Waals surface area contributed by atoms with Crippen LogP contribution in [0.25, 0.3) is 0 Å². The zero-order valence-corrected chi connectivity index (χ0v) is 12.4. The van der Waals surface area contributed by atoms with Gasteiger partial charge in [-0.1, -0.05) is 30.3 Å². The lowest BCUT2D eigenvalue weighted by molar-refractivity contribution is -0.122. The Balaban J connectivity index is 1.95. The molecule has 0 aliphatic rings. The second kappa shape index (κ2) is 6.16. The molecule has 1 amide bonds. The zero-order valence-electron chi connectivity index (χ0n) is 10.0. The van der Waals surface area contributed by atoms with Crippen LogP contribution in [0.2, 0.25) is 0 Å². The van der Waals surface area contributed by atoms with E-state index in [4.69, 9.17) is 0 Å². The Kier molecular flexibility index (Phi) is 4.55. The van der Waals surface area contributed by atoms with E-state index in [2.05, 4.69) is 21.2 Å². The summed E-state index contributed by atoms with van der Waals surface area (Å²) in [5, 5.41) is 4.97. The van der Waals surface area contributed by atoms with Gasteiger partial charge in [0.1, 0.15) is 0 Å². The third kappa shape index (κ3) is 3.21. The standard InChI is InChI=1S/C14H14BrNOS/c1-10(11-5-3-2-4-6-11)14(17)16-9-13-12(15)7-8-18-13/h2-8,10H,9H2,1H3,(H,16,17). The van der Waals surface area contributed by atoms with Gasteiger partial charge in [0.05, 0.1) is 12.5 Å². The van der Waals surface area contributed by atoms with Crippen LogP contribution in [0.15, 0.2) is 46.3 Å². The van der Waals surface area contributed by atoms with Gasteiger partial charge in [-0.3, -0.25) is 4.79 Å². The number of rotatable bonds is 4. The van der Waals surface area contributed by atoms with E-state index in [1.807, 2.05) is 48.7 Å². The molecule has 2 aromatic rings. The summed E-state index contributed by atoms with van der Waals surface area (Å²) >= 11 is 5.09. The van der Waals surface area contributed by atoms with Crippen LogP contribution in [0.5, 0.6) is 0 Å². The van der Waals surface area contributed by atoms with Crippen LogP contribution in [0, 0.1) is 0 Å². The van der Waals surface area contributed by atoms with Gasteiger partial charge in [-0.15, -0.1) is 11.3 Å². The summed E-state index contributed by atoms with van der Waals surface area (Å²) in [6, 6.07) is 11.8. The molecule has 1 atom stereocenters. The molecule has 2 rings (SSSR count). The number of hydrogen-bond donors (Lipinski definition) is 1. The van der Waals surface area contributed by atoms with Crippen LogP contribution < -0.4 is 5.32 Å². The Morgan fingerprint density at radius 3 is 2.67 bits per heavy atom. The zero-order chi connectivity index (χ0) is 13.0. The van der Waals surface area contributed by atoms with Gasteiger partial charge in [-0.2, -0.15) is 0 Å². The van der Waals surface area contributed by atoms with Gasteiger partial charge in [0.15, 0.2) is 0 Å². The molecule has 0 aliphatic carbocycles. The van der Waals surface area contributed by atoms with E-state index in [0.29, 0.717) is 6.54 Å². The molecule has 0 aliphatic heterocycles. The lowest BCUT2D eigenvalue weighted by atomic mass is 10.0. The van der Waals surface area contributed by atoms with Crippen molar-refractivity contribution in [2.24, 2.45) is 0 Å². The maximum atomic E-state index is 12.0. The Morgan fingerprint density at radius 1 is 1.33 bits per heavy atom. The molecule has 94 valence electrons. The fraction of sp³-hybridized carbons (Fsp3) is 0.214. The van der Waals surface area contributed by atoms with Crippen molar-refractivity contribution in [2.45, 2.75) is 19.4 Å². The highest BCUT2D eigenvalue weighted by atomic mass is 79.9. The van der Waals surface area contributed by atoms with E-state index in [-0.39, 0.29) is 11.8 Å². The van der Waals surface area contributed by atoms with Crippen molar-refractivity contribution in [3.05, 3.63) is 56.7 Å². The molecule has 0 spiro atoms. The molecule has 18 heavy (non-hydrogen) atoms. The first-order valence-electron chi connectivity index (χ1n) is 5.73. The topological polar surface area (TPSA) is 29.1 Å². The molecule has 2 nitrogen and oxygen atoms in total. The average Bonchev–Trinajstić information content (AvgIpc) is 2.81. The van der Waals surface area contributed by atoms with E-state index in [9.17, 15) is 4.79 Å². The predicted molar refractivity (Wildman–Crippen MR) is 78.7 cm³/mol. The minimum Gasteiger partial charge on any atom is -0.351 e. The van der Waals surface area contributed by atoms with Crippen molar-refractivity contribution in [1.82, 2.24) is 5.32 Å². The third-order valence-electron chi connectivity index (χ3n) is 2.81. The predicted octanol–water partition coefficient (Wildman–Crippen LogP) is 3.93. The molecule has 0 saturated carbocycles. The fourth-order valence-electron chi connectivity index (χ4n) is 1.66. The van der Waals surface area contributed by atoms with Crippen LogP contribution in [0.3, 0.4) is 0 Å². The van der Waals surface area contributed by atoms with E-state index >= 15 is 0 Å². The second-order valence-corrected chi connectivity index (χ2v) is 5.90. The highest BCUT2D eigenvalue weighted by molar-refractivity contribution is 9.10. The summed E-state index contributed by atoms with van der Waals surface area (Å²) in [7, 11) is 0. The number of amides is 1. The largest absolute Gasteiger partial charge is 0.351 e. The average molecular weight is 324 g/mol. The van der Waals surface area contributed by atoms with E-state index in [1.165, 1.54) is 0 Å². The van der Waals surface area contributed by atoms with Crippen LogP contribution >= 0.6 is 27.3 Å². The molecule has 0 fully saturated rings. The first-order valence-corrected chi connectivity index (χ1v) is 7.40. The molecule has 1 aromatic heterocycles. The maximum absolute atomic E-state index is 12.0. The molecule has 0 saturated heterocycles. The van der Waals surface area contributed by atoms with Crippen molar-refractivity contribution in [3.8, 4) is 0 Å². The molecule has 1 N–H and O–H groups in total. The quantitative estimate of drug-likeness (QED) is 0.907. The minimum atomic E-state index is -0.120. The molecule has 4 heteroatoms. The lowest BCUT2D eigenvalue weighted by Crippen LogP contribution is -2.27. The Morgan fingerprint density at radius 2 is 2.06 bits per heavy atom. The molecule has 1 aromatic carbocycles. The number of carbonyl (C=O) groups excluding carboxylic acids is 1. The van der Waals surface area contributed by atoms with Crippen molar-refractivity contribution < 1.29 is 4.79 Å². The van der Waals surface area contributed by atoms with Crippen molar-refractivity contribution >= 4 is 33.2 Å². The molecule has 0 bridgehead atoms. The van der Waals surface area contributed by atoms with E-state index < -0.39 is 0 Å². The molecular formula is C14H14BrNOS. The number of hydrogen-bond acceptors (Lipinski definition) is 2. The molecule has 0 radical (unpaired) electrons. The maximum Gasteiger partial charge on any atom is 0.227 e. The first kappa shape index (κ1) is 13.3. The minimum absolute atomic E-state index is 0.0569. The van der Waals surface area contributed by atoms with Crippen LogP contribution in [0.1, 0.15) is 23.3 Å². The van der Waals surface area contributed by atoms with Crippen molar-refractivity contribution in [1.29, 1.82) is 0 Å². The highest BCUT2D eigenvalue weighted by Crippen LogP contribution is 2.22. The van der Waals surface area contributed by atoms with Gasteiger partial charge >= 0.3 is 0 Å². The van der Waals surface area contributed by atoms with Crippen LogP contribution in [-0.2, 0) is 11.3 Å². The summed E-state index contributed by atoms with van der Waals surface area (Å²) < 4.78 is 1.06. The van der Waals surface area contributed by atoms with Crippen molar-refractivity contribution in [2.75, 3.05) is 0 Å². The normalized spacial score (nSPS) is 12.1. The summed E-state index contributed by atoms with van der Waals surface area (Å²) in [4.78, 5) is 13.2. The summed E-state index contributed by atoms with van der Waals surface area (Å²) in [6.07, 6.45) is 0. The number of carbonyl (C=O) groups is 1. The van der Waals surface area contributed by atoms with Crippen molar-refractivity contribution in [3.63, 3.8) is 0 Å². The van der Waals surface area contributed by atoms with Crippen LogP contribution in [-0.4, -0.2) is 5.91 Å². The Bertz CT molecular complexity index is 524. The number of nitrogens with one attached hydrogen (secondary N) is 1. The number of halogens is 1. The van der Waals surface area contributed by atoms with Gasteiger partial charge in [-0.25, -0.2) is 0 Å².